The minimum atomic E-state index is -1.39. The van der Waals surface area contributed by atoms with Crippen molar-refractivity contribution in [2.45, 2.75) is 232 Å². The molecule has 0 aliphatic carbocycles. The summed E-state index contributed by atoms with van der Waals surface area (Å²) in [5.41, 5.74) is 0.656. The lowest BCUT2D eigenvalue weighted by Crippen LogP contribution is -2.66. The number of nitrogens with one attached hydrogen (secondary N) is 7. The Bertz CT molecular complexity index is 3770. The highest BCUT2D eigenvalue weighted by Crippen LogP contribution is 2.32. The zero-order valence-corrected chi connectivity index (χ0v) is 77.0. The van der Waals surface area contributed by atoms with Gasteiger partial charge < -0.3 is 156 Å². The summed E-state index contributed by atoms with van der Waals surface area (Å²) in [6.07, 6.45) is -14.2. The Kier molecular flexibility index (Phi) is 57.1. The van der Waals surface area contributed by atoms with Gasteiger partial charge in [0, 0.05) is 96.2 Å². The van der Waals surface area contributed by atoms with Gasteiger partial charge in [-0.25, -0.2) is 4.79 Å². The fourth-order valence-corrected chi connectivity index (χ4v) is 13.0. The summed E-state index contributed by atoms with van der Waals surface area (Å²) in [5, 5.41) is 18.7. The lowest BCUT2D eigenvalue weighted by Gasteiger charge is -2.44. The average molecular weight is 1910 g/mol. The van der Waals surface area contributed by atoms with Crippen LogP contribution < -0.4 is 37.2 Å². The van der Waals surface area contributed by atoms with Crippen LogP contribution in [-0.2, 0) is 207 Å². The van der Waals surface area contributed by atoms with Gasteiger partial charge in [-0.1, -0.05) is 30.3 Å². The van der Waals surface area contributed by atoms with Gasteiger partial charge in [-0.15, -0.1) is 0 Å². The molecule has 752 valence electrons. The second-order valence-electron chi connectivity index (χ2n) is 29.8. The molecular weight excluding hydrogens is 1780 g/mol. The molecule has 17 atom stereocenters. The predicted molar refractivity (Wildman–Crippen MR) is 446 cm³/mol. The fraction of sp³-hybridized carbons (Fsp3) is 0.726. The number of unbranched alkanes of at least 4 members (excludes halogenated alkanes) is 2. The van der Waals surface area contributed by atoms with E-state index in [1.807, 2.05) is 0 Å². The Balaban J connectivity index is 1.28. The van der Waals surface area contributed by atoms with Crippen LogP contribution in [0, 0.1) is 0 Å². The summed E-state index contributed by atoms with van der Waals surface area (Å²) in [7, 11) is 0. The largest absolute Gasteiger partial charge is 0.463 e. The lowest BCUT2D eigenvalue weighted by molar-refractivity contribution is -0.294. The van der Waals surface area contributed by atoms with Gasteiger partial charge >= 0.3 is 59.7 Å². The van der Waals surface area contributed by atoms with E-state index in [-0.39, 0.29) is 164 Å². The van der Waals surface area contributed by atoms with Gasteiger partial charge in [-0.3, -0.25) is 76.7 Å². The molecule has 133 heavy (non-hydrogen) atoms. The van der Waals surface area contributed by atoms with Gasteiger partial charge in [-0.2, -0.15) is 0 Å². The third-order valence-electron chi connectivity index (χ3n) is 18.4. The van der Waals surface area contributed by atoms with Crippen molar-refractivity contribution in [3.8, 4) is 0 Å². The quantitative estimate of drug-likeness (QED) is 0.0152. The van der Waals surface area contributed by atoms with Crippen LogP contribution in [0.1, 0.15) is 127 Å². The highest BCUT2D eigenvalue weighted by molar-refractivity contribution is 5.91. The van der Waals surface area contributed by atoms with Gasteiger partial charge in [0.15, 0.2) is 55.5 Å². The Labute approximate surface area is 768 Å². The molecule has 1 aromatic rings. The van der Waals surface area contributed by atoms with Crippen LogP contribution in [-0.4, -0.2) is 370 Å². The molecule has 3 saturated heterocycles. The van der Waals surface area contributed by atoms with Crippen molar-refractivity contribution in [3.63, 3.8) is 0 Å². The zero-order valence-electron chi connectivity index (χ0n) is 77.0. The number of benzene rings is 1. The molecule has 1 aromatic carbocycles. The second kappa shape index (κ2) is 66.1. The molecule has 3 aliphatic heterocycles. The normalized spacial score (nSPS) is 21.8. The third-order valence-corrected chi connectivity index (χ3v) is 18.4. The number of rotatable bonds is 66. The van der Waals surface area contributed by atoms with E-state index < -0.39 is 238 Å². The Morgan fingerprint density at radius 3 is 0.962 bits per heavy atom. The van der Waals surface area contributed by atoms with Crippen LogP contribution in [0.25, 0.3) is 0 Å². The Morgan fingerprint density at radius 1 is 0.316 bits per heavy atom. The van der Waals surface area contributed by atoms with Gasteiger partial charge in [0.25, 0.3) is 0 Å². The van der Waals surface area contributed by atoms with E-state index in [0.717, 1.165) is 62.3 Å². The molecule has 1 unspecified atom stereocenters. The molecular formula is C84H129N7O42. The average Bonchev–Trinajstić information content (AvgIpc) is 0.795. The van der Waals surface area contributed by atoms with Gasteiger partial charge in [0.05, 0.1) is 106 Å². The topological polar surface area (TPSA) is 605 Å². The summed E-state index contributed by atoms with van der Waals surface area (Å²) in [4.78, 5) is 212. The molecule has 0 spiro atoms. The first-order chi connectivity index (χ1) is 63.5. The predicted octanol–water partition coefficient (Wildman–Crippen LogP) is -2.60. The molecule has 49 heteroatoms. The molecule has 3 fully saturated rings. The zero-order chi connectivity index (χ0) is 98.0. The minimum Gasteiger partial charge on any atom is -0.463 e. The van der Waals surface area contributed by atoms with Crippen LogP contribution in [0.15, 0.2) is 30.3 Å². The number of carbonyl (C=O) groups is 17. The smallest absolute Gasteiger partial charge is 0.328 e. The maximum atomic E-state index is 14.4. The van der Waals surface area contributed by atoms with Crippen molar-refractivity contribution in [1.29, 1.82) is 0 Å². The first kappa shape index (κ1) is 115. The number of hydrogen-bond acceptors (Lipinski definition) is 42. The van der Waals surface area contributed by atoms with Crippen molar-refractivity contribution in [3.05, 3.63) is 35.9 Å². The van der Waals surface area contributed by atoms with E-state index in [4.69, 9.17) is 118 Å². The number of hydrogen-bond donors (Lipinski definition) is 7. The molecule has 7 N–H and O–H groups in total. The van der Waals surface area contributed by atoms with E-state index in [1.165, 1.54) is 20.8 Å². The van der Waals surface area contributed by atoms with Gasteiger partial charge in [0.2, 0.25) is 41.4 Å². The standard InChI is InChI=1S/C84H129N7O42/c1-50(92)87-71-77(128-59(10)101)74(125-56(7)98)65(43-120-53(4)95)131-82(71)118-40-38-112-28-26-109-30-34-114-46-68(104)85-24-18-16-22-63(90-70(106)48-116-36-32-111-33-37-117-49-124-84-73(89-52(3)94)79(130-61(12)103)76(127-58(9)100)67(133-84)45-122-55(6)97)80(107)91-64(81(108)123-42-62-20-14-13-15-21-62)23-17-19-25-86-69(105)47-115-35-31-110-27-29-113-39-41-119-83-72(88-51(2)93)78(129-60(11)102)75(126-57(8)99)66(132-83)44-121-54(5)96/h13-15,20-21,63-67,71-79,82-84H,16-19,22-49H2,1-12H3,(H,85,104)(H,86,105)(H,87,92)(H,88,93)(H,89,94)(H,90,106)(H,91,107)/t63-,64-,65+,66+,67+,71+,72?,73+,74-,75-,76-,77+,78+,79+,82+,83+,84+/m0/s1. The van der Waals surface area contributed by atoms with E-state index in [9.17, 15) is 81.5 Å². The summed E-state index contributed by atoms with van der Waals surface area (Å²) in [5.74, 6) is -11.6. The Hall–Kier alpha value is -10.4. The van der Waals surface area contributed by atoms with Crippen molar-refractivity contribution < 1.29 is 200 Å². The van der Waals surface area contributed by atoms with Crippen molar-refractivity contribution in [2.75, 3.05) is 165 Å². The number of carbonyl (C=O) groups excluding carboxylic acids is 17. The summed E-state index contributed by atoms with van der Waals surface area (Å²) in [6.45, 7) is 10.9. The van der Waals surface area contributed by atoms with Crippen LogP contribution in [0.2, 0.25) is 0 Å². The van der Waals surface area contributed by atoms with Crippen LogP contribution in [0.4, 0.5) is 0 Å². The molecule has 3 heterocycles. The lowest BCUT2D eigenvalue weighted by atomic mass is 9.96. The SMILES string of the molecule is CC(=O)NC1[C@H](OCCOCCOCCOCC(=O)NCCCC[C@H](NC(=O)[C@H](CCCCNC(=O)COCCOCCOCCO[C@@H]2O[C@H](COC(C)=O)[C@H](OC(C)=O)[C@H](OC(C)=O)[C@H]2NC(C)=O)NC(=O)COCCOCCOCO[C@@H]2O[C@H](COC(C)=O)[C@H](OC(C)=O)[C@H](OC(C)=O)[C@H]2NC(C)=O)C(=O)OCc2ccccc2)O[C@H](COC(C)=O)[C@H](OC(C)=O)[C@@H]1OC(C)=O. The summed E-state index contributed by atoms with van der Waals surface area (Å²) < 4.78 is 139. The van der Waals surface area contributed by atoms with Crippen LogP contribution in [0.5, 0.6) is 0 Å². The Morgan fingerprint density at radius 2 is 0.624 bits per heavy atom. The van der Waals surface area contributed by atoms with E-state index >= 15 is 0 Å². The molecule has 0 bridgehead atoms. The molecule has 0 saturated carbocycles. The molecule has 49 nitrogen and oxygen atoms in total. The molecule has 7 amide bonds. The molecule has 3 aliphatic rings. The summed E-state index contributed by atoms with van der Waals surface area (Å²) >= 11 is 0. The number of ether oxygens (including phenoxy) is 25. The monoisotopic (exact) mass is 1910 g/mol. The van der Waals surface area contributed by atoms with Crippen molar-refractivity contribution >= 4 is 101 Å². The second-order valence-corrected chi connectivity index (χ2v) is 29.8. The van der Waals surface area contributed by atoms with E-state index in [0.29, 0.717) is 18.4 Å². The first-order valence-electron chi connectivity index (χ1n) is 43.1. The highest BCUT2D eigenvalue weighted by atomic mass is 16.8. The van der Waals surface area contributed by atoms with Crippen LogP contribution in [0.3, 0.4) is 0 Å². The number of esters is 10. The molecule has 0 aromatic heterocycles. The number of amides is 7. The van der Waals surface area contributed by atoms with Gasteiger partial charge in [-0.05, 0) is 44.1 Å². The van der Waals surface area contributed by atoms with Crippen molar-refractivity contribution in [2.24, 2.45) is 0 Å². The van der Waals surface area contributed by atoms with Gasteiger partial charge in [0.1, 0.15) is 102 Å². The van der Waals surface area contributed by atoms with E-state index in [2.05, 4.69) is 37.2 Å². The molecule has 0 radical (unpaired) electrons. The maximum Gasteiger partial charge on any atom is 0.328 e. The maximum absolute atomic E-state index is 14.4. The fourth-order valence-electron chi connectivity index (χ4n) is 13.0. The third kappa shape index (κ3) is 50.0. The highest BCUT2D eigenvalue weighted by Gasteiger charge is 2.55. The summed E-state index contributed by atoms with van der Waals surface area (Å²) in [6, 6.07) is 2.68. The van der Waals surface area contributed by atoms with Crippen LogP contribution >= 0.6 is 0 Å². The molecule has 4 rings (SSSR count). The first-order valence-corrected chi connectivity index (χ1v) is 43.1. The minimum absolute atomic E-state index is 0.00167. The van der Waals surface area contributed by atoms with E-state index in [1.54, 1.807) is 30.3 Å². The van der Waals surface area contributed by atoms with Crippen molar-refractivity contribution in [1.82, 2.24) is 37.2 Å².